The van der Waals surface area contributed by atoms with Gasteiger partial charge in [-0.3, -0.25) is 9.59 Å². The number of halogens is 2. The summed E-state index contributed by atoms with van der Waals surface area (Å²) >= 11 is 5.88. The van der Waals surface area contributed by atoms with Gasteiger partial charge in [0.05, 0.1) is 12.0 Å². The van der Waals surface area contributed by atoms with Gasteiger partial charge in [0.25, 0.3) is 5.91 Å². The maximum Gasteiger partial charge on any atom is 0.256 e. The third-order valence-electron chi connectivity index (χ3n) is 4.49. The second-order valence-electron chi connectivity index (χ2n) is 6.31. The van der Waals surface area contributed by atoms with Crippen molar-refractivity contribution in [1.82, 2.24) is 9.80 Å². The molecule has 1 aliphatic rings. The van der Waals surface area contributed by atoms with Gasteiger partial charge in [-0.15, -0.1) is 0 Å². The van der Waals surface area contributed by atoms with Gasteiger partial charge >= 0.3 is 0 Å². The van der Waals surface area contributed by atoms with Crippen molar-refractivity contribution in [2.45, 2.75) is 12.8 Å². The van der Waals surface area contributed by atoms with E-state index in [2.05, 4.69) is 0 Å². The average Bonchev–Trinajstić information content (AvgIpc) is 2.90. The summed E-state index contributed by atoms with van der Waals surface area (Å²) in [5.41, 5.74) is 0.942. The van der Waals surface area contributed by atoms with Crippen molar-refractivity contribution < 1.29 is 14.0 Å². The van der Waals surface area contributed by atoms with Gasteiger partial charge < -0.3 is 9.80 Å². The fraction of sp³-hybridized carbons (Fsp3) is 0.300. The Kier molecular flexibility index (Phi) is 5.89. The van der Waals surface area contributed by atoms with Gasteiger partial charge in [-0.1, -0.05) is 41.9 Å². The molecule has 2 amide bonds. The molecule has 2 aromatic rings. The first-order valence-corrected chi connectivity index (χ1v) is 8.98. The van der Waals surface area contributed by atoms with Gasteiger partial charge in [-0.05, 0) is 30.2 Å². The molecule has 1 fully saturated rings. The van der Waals surface area contributed by atoms with Crippen LogP contribution in [0.5, 0.6) is 0 Å². The third-order valence-corrected chi connectivity index (χ3v) is 4.73. The maximum atomic E-state index is 14.0. The quantitative estimate of drug-likeness (QED) is 0.826. The zero-order chi connectivity index (χ0) is 18.5. The molecule has 6 heteroatoms. The Morgan fingerprint density at radius 2 is 1.65 bits per heavy atom. The smallest absolute Gasteiger partial charge is 0.256 e. The molecule has 26 heavy (non-hydrogen) atoms. The number of hydrogen-bond donors (Lipinski definition) is 0. The number of carbonyl (C=O) groups excluding carboxylic acids is 2. The summed E-state index contributed by atoms with van der Waals surface area (Å²) in [5, 5.41) is 0.323. The second kappa shape index (κ2) is 8.32. The van der Waals surface area contributed by atoms with Crippen LogP contribution in [0.2, 0.25) is 5.02 Å². The Labute approximate surface area is 157 Å². The Balaban J connectivity index is 1.63. The summed E-state index contributed by atoms with van der Waals surface area (Å²) in [7, 11) is 0. The van der Waals surface area contributed by atoms with E-state index in [1.165, 1.54) is 18.2 Å². The van der Waals surface area contributed by atoms with Gasteiger partial charge in [-0.2, -0.15) is 0 Å². The minimum Gasteiger partial charge on any atom is -0.341 e. The molecule has 1 heterocycles. The molecule has 4 nitrogen and oxygen atoms in total. The predicted molar refractivity (Wildman–Crippen MR) is 98.7 cm³/mol. The zero-order valence-corrected chi connectivity index (χ0v) is 15.1. The van der Waals surface area contributed by atoms with Crippen molar-refractivity contribution in [2.75, 3.05) is 26.2 Å². The van der Waals surface area contributed by atoms with E-state index in [4.69, 9.17) is 11.6 Å². The third kappa shape index (κ3) is 4.41. The van der Waals surface area contributed by atoms with E-state index in [1.807, 2.05) is 30.3 Å². The zero-order valence-electron chi connectivity index (χ0n) is 14.3. The molecule has 0 aromatic heterocycles. The van der Waals surface area contributed by atoms with Gasteiger partial charge in [0, 0.05) is 31.2 Å². The van der Waals surface area contributed by atoms with Crippen LogP contribution in [0.15, 0.2) is 48.5 Å². The highest BCUT2D eigenvalue weighted by molar-refractivity contribution is 6.31. The van der Waals surface area contributed by atoms with Gasteiger partial charge in [-0.25, -0.2) is 4.39 Å². The molecular weight excluding hydrogens is 355 g/mol. The first-order chi connectivity index (χ1) is 12.5. The molecular formula is C20H20ClFN2O2. The lowest BCUT2D eigenvalue weighted by Crippen LogP contribution is -2.38. The molecule has 0 unspecified atom stereocenters. The summed E-state index contributed by atoms with van der Waals surface area (Å²) in [6.45, 7) is 1.90. The predicted octanol–water partition coefficient (Wildman–Crippen LogP) is 3.40. The summed E-state index contributed by atoms with van der Waals surface area (Å²) < 4.78 is 14.0. The molecule has 3 rings (SSSR count). The molecule has 1 saturated heterocycles. The minimum absolute atomic E-state index is 0.0263. The first kappa shape index (κ1) is 18.4. The van der Waals surface area contributed by atoms with Crippen LogP contribution in [-0.2, 0) is 11.2 Å². The molecule has 0 saturated carbocycles. The highest BCUT2D eigenvalue weighted by Gasteiger charge is 2.24. The van der Waals surface area contributed by atoms with Crippen LogP contribution < -0.4 is 0 Å². The van der Waals surface area contributed by atoms with E-state index >= 15 is 0 Å². The average molecular weight is 375 g/mol. The van der Waals surface area contributed by atoms with Crippen LogP contribution in [0.4, 0.5) is 4.39 Å². The molecule has 2 aromatic carbocycles. The monoisotopic (exact) mass is 374 g/mol. The van der Waals surface area contributed by atoms with Crippen LogP contribution in [0.3, 0.4) is 0 Å². The number of nitrogens with zero attached hydrogens (tertiary/aromatic N) is 2. The Morgan fingerprint density at radius 1 is 0.962 bits per heavy atom. The van der Waals surface area contributed by atoms with Crippen molar-refractivity contribution in [1.29, 1.82) is 0 Å². The first-order valence-electron chi connectivity index (χ1n) is 8.60. The lowest BCUT2D eigenvalue weighted by atomic mass is 10.1. The van der Waals surface area contributed by atoms with E-state index in [1.54, 1.807) is 9.80 Å². The number of benzene rings is 2. The van der Waals surface area contributed by atoms with Crippen LogP contribution in [-0.4, -0.2) is 47.8 Å². The van der Waals surface area contributed by atoms with E-state index in [0.717, 1.165) is 5.56 Å². The molecule has 0 bridgehead atoms. The summed E-state index contributed by atoms with van der Waals surface area (Å²) in [6.07, 6.45) is 1.01. The summed E-state index contributed by atoms with van der Waals surface area (Å²) in [4.78, 5) is 28.5. The molecule has 136 valence electrons. The van der Waals surface area contributed by atoms with Crippen molar-refractivity contribution in [3.05, 3.63) is 70.5 Å². The molecule has 0 N–H and O–H groups in total. The number of carbonyl (C=O) groups is 2. The van der Waals surface area contributed by atoms with E-state index in [-0.39, 0.29) is 17.4 Å². The normalized spacial score (nSPS) is 14.8. The summed E-state index contributed by atoms with van der Waals surface area (Å²) in [5.74, 6) is -0.928. The van der Waals surface area contributed by atoms with Gasteiger partial charge in [0.15, 0.2) is 0 Å². The van der Waals surface area contributed by atoms with E-state index in [9.17, 15) is 14.0 Å². The fourth-order valence-corrected chi connectivity index (χ4v) is 3.26. The second-order valence-corrected chi connectivity index (χ2v) is 6.75. The maximum absolute atomic E-state index is 14.0. The van der Waals surface area contributed by atoms with Crippen LogP contribution in [0.25, 0.3) is 0 Å². The highest BCUT2D eigenvalue weighted by Crippen LogP contribution is 2.18. The number of hydrogen-bond acceptors (Lipinski definition) is 2. The SMILES string of the molecule is O=C(Cc1ccccc1)N1CCCN(C(=O)c2cc(Cl)ccc2F)CC1. The largest absolute Gasteiger partial charge is 0.341 e. The van der Waals surface area contributed by atoms with E-state index < -0.39 is 5.82 Å². The number of amides is 2. The number of rotatable bonds is 3. The fourth-order valence-electron chi connectivity index (χ4n) is 3.08. The Bertz CT molecular complexity index is 798. The summed E-state index contributed by atoms with van der Waals surface area (Å²) in [6, 6.07) is 13.5. The van der Waals surface area contributed by atoms with Crippen LogP contribution >= 0.6 is 11.6 Å². The lowest BCUT2D eigenvalue weighted by Gasteiger charge is -2.22. The molecule has 1 aliphatic heterocycles. The van der Waals surface area contributed by atoms with Crippen molar-refractivity contribution in [3.63, 3.8) is 0 Å². The minimum atomic E-state index is -0.583. The topological polar surface area (TPSA) is 40.6 Å². The van der Waals surface area contributed by atoms with Crippen LogP contribution in [0, 0.1) is 5.82 Å². The van der Waals surface area contributed by atoms with Crippen LogP contribution in [0.1, 0.15) is 22.3 Å². The molecule has 0 spiro atoms. The highest BCUT2D eigenvalue weighted by atomic mass is 35.5. The van der Waals surface area contributed by atoms with Crippen molar-refractivity contribution in [2.24, 2.45) is 0 Å². The molecule has 0 aliphatic carbocycles. The standard InChI is InChI=1S/C20H20ClFN2O2/c21-16-7-8-18(22)17(14-16)20(26)24-10-4-9-23(11-12-24)19(25)13-15-5-2-1-3-6-15/h1-3,5-8,14H,4,9-13H2. The molecule has 0 atom stereocenters. The van der Waals surface area contributed by atoms with Gasteiger partial charge in [0.2, 0.25) is 5.91 Å². The Morgan fingerprint density at radius 3 is 2.42 bits per heavy atom. The van der Waals surface area contributed by atoms with Gasteiger partial charge in [0.1, 0.15) is 5.82 Å². The van der Waals surface area contributed by atoms with Crippen molar-refractivity contribution in [3.8, 4) is 0 Å². The van der Waals surface area contributed by atoms with Crippen molar-refractivity contribution >= 4 is 23.4 Å². The molecule has 0 radical (unpaired) electrons. The Hall–Kier alpha value is -2.40. The van der Waals surface area contributed by atoms with E-state index in [0.29, 0.717) is 44.0 Å². The lowest BCUT2D eigenvalue weighted by molar-refractivity contribution is -0.130.